The average molecular weight is 279 g/mol. The van der Waals surface area contributed by atoms with Crippen molar-refractivity contribution >= 4 is 11.6 Å². The van der Waals surface area contributed by atoms with Gasteiger partial charge in [0.15, 0.2) is 5.82 Å². The van der Waals surface area contributed by atoms with E-state index in [4.69, 9.17) is 0 Å². The van der Waals surface area contributed by atoms with Gasteiger partial charge in [-0.1, -0.05) is 5.21 Å². The highest BCUT2D eigenvalue weighted by Gasteiger charge is 2.46. The third kappa shape index (κ3) is 2.24. The zero-order chi connectivity index (χ0) is 14.3. The number of benzene rings is 1. The maximum Gasteiger partial charge on any atom is 0.228 e. The van der Waals surface area contributed by atoms with E-state index < -0.39 is 11.6 Å². The van der Waals surface area contributed by atoms with E-state index in [-0.39, 0.29) is 29.0 Å². The predicted octanol–water partition coefficient (Wildman–Crippen LogP) is 1.53. The SMILES string of the molecule is Cc1c(F)cc(NC(=O)[C@@H]2C[C@@H]2c2nn[nH]n2)cc1F. The van der Waals surface area contributed by atoms with Crippen LogP contribution in [0.4, 0.5) is 14.5 Å². The number of carbonyl (C=O) groups excluding carboxylic acids is 1. The van der Waals surface area contributed by atoms with E-state index in [9.17, 15) is 13.6 Å². The number of amides is 1. The van der Waals surface area contributed by atoms with Gasteiger partial charge in [0.2, 0.25) is 5.91 Å². The molecule has 0 radical (unpaired) electrons. The van der Waals surface area contributed by atoms with E-state index in [2.05, 4.69) is 25.9 Å². The molecular weight excluding hydrogens is 268 g/mol. The summed E-state index contributed by atoms with van der Waals surface area (Å²) in [7, 11) is 0. The first kappa shape index (κ1) is 12.6. The minimum atomic E-state index is -0.689. The van der Waals surface area contributed by atoms with Crippen molar-refractivity contribution in [2.75, 3.05) is 5.32 Å². The summed E-state index contributed by atoms with van der Waals surface area (Å²) in [5.41, 5.74) is 0.0356. The molecule has 0 spiro atoms. The molecule has 1 aromatic carbocycles. The molecule has 8 heteroatoms. The first-order valence-electron chi connectivity index (χ1n) is 6.06. The number of H-pyrrole nitrogens is 1. The fraction of sp³-hybridized carbons (Fsp3) is 0.333. The lowest BCUT2D eigenvalue weighted by molar-refractivity contribution is -0.117. The summed E-state index contributed by atoms with van der Waals surface area (Å²) in [6.07, 6.45) is 0.599. The Bertz CT molecular complexity index is 635. The Hall–Kier alpha value is -2.38. The van der Waals surface area contributed by atoms with Gasteiger partial charge in [0.1, 0.15) is 11.6 Å². The lowest BCUT2D eigenvalue weighted by Gasteiger charge is -2.06. The minimum absolute atomic E-state index is 0.0703. The van der Waals surface area contributed by atoms with Crippen LogP contribution in [0.25, 0.3) is 0 Å². The van der Waals surface area contributed by atoms with Crippen molar-refractivity contribution in [3.05, 3.63) is 35.2 Å². The Morgan fingerprint density at radius 1 is 1.40 bits per heavy atom. The first-order chi connectivity index (χ1) is 9.56. The van der Waals surface area contributed by atoms with Crippen LogP contribution in [0, 0.1) is 24.5 Å². The molecule has 6 nitrogen and oxygen atoms in total. The van der Waals surface area contributed by atoms with Crippen LogP contribution in [-0.4, -0.2) is 26.5 Å². The van der Waals surface area contributed by atoms with Crippen LogP contribution in [0.5, 0.6) is 0 Å². The first-order valence-corrected chi connectivity index (χ1v) is 6.06. The van der Waals surface area contributed by atoms with Crippen molar-refractivity contribution in [2.45, 2.75) is 19.3 Å². The molecule has 2 aromatic rings. The number of carbonyl (C=O) groups is 1. The van der Waals surface area contributed by atoms with E-state index in [0.29, 0.717) is 12.2 Å². The molecule has 20 heavy (non-hydrogen) atoms. The fourth-order valence-electron chi connectivity index (χ4n) is 2.05. The third-order valence-corrected chi connectivity index (χ3v) is 3.37. The highest BCUT2D eigenvalue weighted by Crippen LogP contribution is 2.46. The molecular formula is C12H11F2N5O. The molecule has 1 aliphatic rings. The lowest BCUT2D eigenvalue weighted by Crippen LogP contribution is -2.15. The molecule has 0 saturated heterocycles. The van der Waals surface area contributed by atoms with Crippen LogP contribution in [-0.2, 0) is 4.79 Å². The topological polar surface area (TPSA) is 83.6 Å². The molecule has 1 aromatic heterocycles. The summed E-state index contributed by atoms with van der Waals surface area (Å²) in [6, 6.07) is 2.20. The van der Waals surface area contributed by atoms with Crippen molar-refractivity contribution < 1.29 is 13.6 Å². The molecule has 0 aliphatic heterocycles. The molecule has 104 valence electrons. The van der Waals surface area contributed by atoms with Crippen LogP contribution in [0.3, 0.4) is 0 Å². The number of halogens is 2. The van der Waals surface area contributed by atoms with Gasteiger partial charge in [0.05, 0.1) is 0 Å². The van der Waals surface area contributed by atoms with E-state index in [0.717, 1.165) is 12.1 Å². The van der Waals surface area contributed by atoms with E-state index in [1.807, 2.05) is 0 Å². The van der Waals surface area contributed by atoms with Gasteiger partial charge in [0, 0.05) is 23.1 Å². The number of hydrogen-bond donors (Lipinski definition) is 2. The van der Waals surface area contributed by atoms with Crippen molar-refractivity contribution in [3.63, 3.8) is 0 Å². The summed E-state index contributed by atoms with van der Waals surface area (Å²) in [5, 5.41) is 15.9. The molecule has 1 heterocycles. The molecule has 2 atom stereocenters. The van der Waals surface area contributed by atoms with E-state index in [1.165, 1.54) is 6.92 Å². The summed E-state index contributed by atoms with van der Waals surface area (Å²) in [4.78, 5) is 11.9. The maximum atomic E-state index is 13.4. The second-order valence-electron chi connectivity index (χ2n) is 4.77. The molecule has 1 fully saturated rings. The summed E-state index contributed by atoms with van der Waals surface area (Å²) < 4.78 is 26.8. The summed E-state index contributed by atoms with van der Waals surface area (Å²) >= 11 is 0. The van der Waals surface area contributed by atoms with Crippen molar-refractivity contribution in [1.82, 2.24) is 20.6 Å². The average Bonchev–Trinajstić information content (AvgIpc) is 3.02. The zero-order valence-electron chi connectivity index (χ0n) is 10.5. The van der Waals surface area contributed by atoms with Gasteiger partial charge in [0.25, 0.3) is 0 Å². The number of nitrogens with one attached hydrogen (secondary N) is 2. The summed E-state index contributed by atoms with van der Waals surface area (Å²) in [6.45, 7) is 1.34. The van der Waals surface area contributed by atoms with Gasteiger partial charge in [-0.15, -0.1) is 10.2 Å². The quantitative estimate of drug-likeness (QED) is 0.892. The van der Waals surface area contributed by atoms with Gasteiger partial charge < -0.3 is 5.32 Å². The van der Waals surface area contributed by atoms with Gasteiger partial charge in [-0.25, -0.2) is 8.78 Å². The van der Waals surface area contributed by atoms with Crippen LogP contribution in [0.1, 0.15) is 23.7 Å². The summed E-state index contributed by atoms with van der Waals surface area (Å²) in [5.74, 6) is -1.58. The maximum absolute atomic E-state index is 13.4. The number of aromatic amines is 1. The zero-order valence-corrected chi connectivity index (χ0v) is 10.5. The Balaban J connectivity index is 1.69. The Morgan fingerprint density at radius 3 is 2.70 bits per heavy atom. The highest BCUT2D eigenvalue weighted by atomic mass is 19.1. The van der Waals surface area contributed by atoms with E-state index in [1.54, 1.807) is 0 Å². The van der Waals surface area contributed by atoms with Crippen molar-refractivity contribution in [1.29, 1.82) is 0 Å². The van der Waals surface area contributed by atoms with Crippen LogP contribution < -0.4 is 5.32 Å². The van der Waals surface area contributed by atoms with Crippen molar-refractivity contribution in [3.8, 4) is 0 Å². The predicted molar refractivity (Wildman–Crippen MR) is 64.8 cm³/mol. The minimum Gasteiger partial charge on any atom is -0.326 e. The number of anilines is 1. The van der Waals surface area contributed by atoms with Crippen molar-refractivity contribution in [2.24, 2.45) is 5.92 Å². The standard InChI is InChI=1S/C12H11F2N5O/c1-5-9(13)2-6(3-10(5)14)15-12(20)8-4-7(8)11-16-18-19-17-11/h2-3,7-8H,4H2,1H3,(H,15,20)(H,16,17,18,19)/t7-,8+/m0/s1. The highest BCUT2D eigenvalue weighted by molar-refractivity contribution is 5.95. The Labute approximate surface area is 112 Å². The molecule has 3 rings (SSSR count). The van der Waals surface area contributed by atoms with Gasteiger partial charge >= 0.3 is 0 Å². The molecule has 0 bridgehead atoms. The second kappa shape index (κ2) is 4.62. The number of aromatic nitrogens is 4. The second-order valence-corrected chi connectivity index (χ2v) is 4.77. The number of tetrazole rings is 1. The van der Waals surface area contributed by atoms with Crippen LogP contribution in [0.15, 0.2) is 12.1 Å². The normalized spacial score (nSPS) is 20.8. The molecule has 1 amide bonds. The van der Waals surface area contributed by atoms with Gasteiger partial charge in [-0.2, -0.15) is 5.21 Å². The molecule has 2 N–H and O–H groups in total. The third-order valence-electron chi connectivity index (χ3n) is 3.37. The largest absolute Gasteiger partial charge is 0.326 e. The Kier molecular flexibility index (Phi) is 2.92. The van der Waals surface area contributed by atoms with Crippen LogP contribution in [0.2, 0.25) is 0 Å². The monoisotopic (exact) mass is 279 g/mol. The molecule has 1 aliphatic carbocycles. The number of nitrogens with zero attached hydrogens (tertiary/aromatic N) is 3. The number of rotatable bonds is 3. The van der Waals surface area contributed by atoms with Crippen LogP contribution >= 0.6 is 0 Å². The van der Waals surface area contributed by atoms with Gasteiger partial charge in [-0.3, -0.25) is 4.79 Å². The molecule has 1 saturated carbocycles. The van der Waals surface area contributed by atoms with E-state index >= 15 is 0 Å². The smallest absolute Gasteiger partial charge is 0.228 e. The number of hydrogen-bond acceptors (Lipinski definition) is 4. The fourth-order valence-corrected chi connectivity index (χ4v) is 2.05. The van der Waals surface area contributed by atoms with Gasteiger partial charge in [-0.05, 0) is 25.5 Å². The lowest BCUT2D eigenvalue weighted by atomic mass is 10.2. The molecule has 0 unspecified atom stereocenters. The Morgan fingerprint density at radius 2 is 2.10 bits per heavy atom.